The lowest BCUT2D eigenvalue weighted by molar-refractivity contribution is 0.301. The van der Waals surface area contributed by atoms with E-state index in [0.717, 1.165) is 31.2 Å². The SMILES string of the molecule is NC1CCC(c2nc(-c3ccc(O)cc3)no2)CC1. The molecule has 0 saturated heterocycles. The molecule has 1 aliphatic carbocycles. The van der Waals surface area contributed by atoms with Gasteiger partial charge in [0.2, 0.25) is 11.7 Å². The van der Waals surface area contributed by atoms with Crippen molar-refractivity contribution in [3.63, 3.8) is 0 Å². The number of aromatic hydroxyl groups is 1. The fourth-order valence-electron chi connectivity index (χ4n) is 2.49. The van der Waals surface area contributed by atoms with Crippen LogP contribution in [0.25, 0.3) is 11.4 Å². The molecule has 0 unspecified atom stereocenters. The summed E-state index contributed by atoms with van der Waals surface area (Å²) in [7, 11) is 0. The highest BCUT2D eigenvalue weighted by Crippen LogP contribution is 2.32. The lowest BCUT2D eigenvalue weighted by Gasteiger charge is -2.22. The molecule has 0 bridgehead atoms. The Labute approximate surface area is 111 Å². The minimum atomic E-state index is 0.230. The molecule has 0 atom stereocenters. The van der Waals surface area contributed by atoms with Crippen LogP contribution in [0.4, 0.5) is 0 Å². The Hall–Kier alpha value is -1.88. The second-order valence-corrected chi connectivity index (χ2v) is 5.11. The van der Waals surface area contributed by atoms with E-state index in [9.17, 15) is 5.11 Å². The Balaban J connectivity index is 1.77. The van der Waals surface area contributed by atoms with Crippen LogP contribution in [-0.2, 0) is 0 Å². The first-order valence-corrected chi connectivity index (χ1v) is 6.61. The van der Waals surface area contributed by atoms with Crippen LogP contribution in [0.3, 0.4) is 0 Å². The molecule has 0 spiro atoms. The summed E-state index contributed by atoms with van der Waals surface area (Å²) in [5.41, 5.74) is 6.74. The number of benzene rings is 1. The minimum absolute atomic E-state index is 0.230. The Bertz CT molecular complexity index is 542. The zero-order valence-electron chi connectivity index (χ0n) is 10.6. The van der Waals surface area contributed by atoms with Gasteiger partial charge >= 0.3 is 0 Å². The van der Waals surface area contributed by atoms with E-state index in [2.05, 4.69) is 10.1 Å². The van der Waals surface area contributed by atoms with Gasteiger partial charge in [0, 0.05) is 17.5 Å². The quantitative estimate of drug-likeness (QED) is 0.865. The van der Waals surface area contributed by atoms with Gasteiger partial charge in [0.1, 0.15) is 5.75 Å². The van der Waals surface area contributed by atoms with Crippen molar-refractivity contribution in [2.24, 2.45) is 5.73 Å². The van der Waals surface area contributed by atoms with Crippen LogP contribution < -0.4 is 5.73 Å². The molecule has 1 fully saturated rings. The highest BCUT2D eigenvalue weighted by atomic mass is 16.5. The molecule has 1 aromatic heterocycles. The van der Waals surface area contributed by atoms with Crippen LogP contribution in [-0.4, -0.2) is 21.3 Å². The van der Waals surface area contributed by atoms with Crippen LogP contribution in [0, 0.1) is 0 Å². The van der Waals surface area contributed by atoms with Crippen molar-refractivity contribution in [1.29, 1.82) is 0 Å². The highest BCUT2D eigenvalue weighted by Gasteiger charge is 2.24. The molecule has 3 rings (SSSR count). The Morgan fingerprint density at radius 1 is 1.11 bits per heavy atom. The summed E-state index contributed by atoms with van der Waals surface area (Å²) in [6.45, 7) is 0. The average Bonchev–Trinajstić information content (AvgIpc) is 2.90. The van der Waals surface area contributed by atoms with Gasteiger partial charge in [-0.25, -0.2) is 0 Å². The summed E-state index contributed by atoms with van der Waals surface area (Å²) in [6.07, 6.45) is 4.06. The predicted octanol–water partition coefficient (Wildman–Crippen LogP) is 2.43. The molecule has 2 aromatic rings. The Morgan fingerprint density at radius 2 is 1.79 bits per heavy atom. The lowest BCUT2D eigenvalue weighted by atomic mass is 9.86. The van der Waals surface area contributed by atoms with Crippen LogP contribution in [0.1, 0.15) is 37.5 Å². The molecule has 0 radical (unpaired) electrons. The normalized spacial score (nSPS) is 23.4. The summed E-state index contributed by atoms with van der Waals surface area (Å²) in [4.78, 5) is 4.46. The summed E-state index contributed by atoms with van der Waals surface area (Å²) in [5, 5.41) is 13.3. The standard InChI is InChI=1S/C14H17N3O2/c15-11-5-1-10(2-6-11)14-16-13(17-19-14)9-3-7-12(18)8-4-9/h3-4,7-8,10-11,18H,1-2,5-6,15H2. The summed E-state index contributed by atoms with van der Waals surface area (Å²) < 4.78 is 5.36. The van der Waals surface area contributed by atoms with E-state index in [0.29, 0.717) is 23.7 Å². The molecule has 0 amide bonds. The maximum atomic E-state index is 9.26. The molecular formula is C14H17N3O2. The molecular weight excluding hydrogens is 242 g/mol. The molecule has 0 aliphatic heterocycles. The molecule has 1 heterocycles. The molecule has 1 aliphatic rings. The van der Waals surface area contributed by atoms with Crippen molar-refractivity contribution < 1.29 is 9.63 Å². The molecule has 100 valence electrons. The number of nitrogens with zero attached hydrogens (tertiary/aromatic N) is 2. The summed E-state index contributed by atoms with van der Waals surface area (Å²) in [6, 6.07) is 7.10. The van der Waals surface area contributed by atoms with Crippen molar-refractivity contribution in [2.75, 3.05) is 0 Å². The van der Waals surface area contributed by atoms with E-state index < -0.39 is 0 Å². The number of phenolic OH excluding ortho intramolecular Hbond substituents is 1. The van der Waals surface area contributed by atoms with E-state index in [-0.39, 0.29) is 5.75 Å². The Morgan fingerprint density at radius 3 is 2.47 bits per heavy atom. The van der Waals surface area contributed by atoms with Gasteiger partial charge < -0.3 is 15.4 Å². The average molecular weight is 259 g/mol. The second kappa shape index (κ2) is 5.01. The maximum Gasteiger partial charge on any atom is 0.230 e. The minimum Gasteiger partial charge on any atom is -0.508 e. The number of hydrogen-bond acceptors (Lipinski definition) is 5. The fraction of sp³-hybridized carbons (Fsp3) is 0.429. The zero-order valence-corrected chi connectivity index (χ0v) is 10.6. The maximum absolute atomic E-state index is 9.26. The first kappa shape index (κ1) is 12.2. The van der Waals surface area contributed by atoms with Gasteiger partial charge in [0.05, 0.1) is 0 Å². The van der Waals surface area contributed by atoms with E-state index in [1.165, 1.54) is 0 Å². The van der Waals surface area contributed by atoms with Crippen molar-refractivity contribution in [3.05, 3.63) is 30.2 Å². The van der Waals surface area contributed by atoms with Crippen molar-refractivity contribution in [3.8, 4) is 17.1 Å². The third-order valence-electron chi connectivity index (χ3n) is 3.69. The number of phenols is 1. The smallest absolute Gasteiger partial charge is 0.230 e. The zero-order chi connectivity index (χ0) is 13.2. The number of aromatic nitrogens is 2. The fourth-order valence-corrected chi connectivity index (χ4v) is 2.49. The van der Waals surface area contributed by atoms with Gasteiger partial charge in [-0.15, -0.1) is 0 Å². The van der Waals surface area contributed by atoms with Gasteiger partial charge in [0.25, 0.3) is 0 Å². The number of hydrogen-bond donors (Lipinski definition) is 2. The molecule has 19 heavy (non-hydrogen) atoms. The van der Waals surface area contributed by atoms with E-state index >= 15 is 0 Å². The molecule has 5 heteroatoms. The van der Waals surface area contributed by atoms with Crippen LogP contribution in [0.15, 0.2) is 28.8 Å². The van der Waals surface area contributed by atoms with E-state index in [1.54, 1.807) is 24.3 Å². The van der Waals surface area contributed by atoms with Gasteiger partial charge in [0.15, 0.2) is 0 Å². The number of rotatable bonds is 2. The van der Waals surface area contributed by atoms with E-state index in [4.69, 9.17) is 10.3 Å². The van der Waals surface area contributed by atoms with Crippen LogP contribution in [0.5, 0.6) is 5.75 Å². The van der Waals surface area contributed by atoms with Gasteiger partial charge in [-0.2, -0.15) is 4.98 Å². The van der Waals surface area contributed by atoms with Gasteiger partial charge in [-0.05, 0) is 49.9 Å². The van der Waals surface area contributed by atoms with Crippen molar-refractivity contribution >= 4 is 0 Å². The first-order chi connectivity index (χ1) is 9.22. The van der Waals surface area contributed by atoms with Crippen molar-refractivity contribution in [1.82, 2.24) is 10.1 Å². The molecule has 1 aromatic carbocycles. The van der Waals surface area contributed by atoms with E-state index in [1.807, 2.05) is 0 Å². The highest BCUT2D eigenvalue weighted by molar-refractivity contribution is 5.55. The molecule has 3 N–H and O–H groups in total. The third kappa shape index (κ3) is 2.61. The lowest BCUT2D eigenvalue weighted by Crippen LogP contribution is -2.25. The van der Waals surface area contributed by atoms with Crippen LogP contribution in [0.2, 0.25) is 0 Å². The first-order valence-electron chi connectivity index (χ1n) is 6.61. The largest absolute Gasteiger partial charge is 0.508 e. The van der Waals surface area contributed by atoms with Gasteiger partial charge in [-0.1, -0.05) is 5.16 Å². The molecule has 5 nitrogen and oxygen atoms in total. The summed E-state index contributed by atoms with van der Waals surface area (Å²) in [5.74, 6) is 1.84. The topological polar surface area (TPSA) is 85.2 Å². The summed E-state index contributed by atoms with van der Waals surface area (Å²) >= 11 is 0. The van der Waals surface area contributed by atoms with Crippen molar-refractivity contribution in [2.45, 2.75) is 37.6 Å². The third-order valence-corrected chi connectivity index (χ3v) is 3.69. The van der Waals surface area contributed by atoms with Gasteiger partial charge in [-0.3, -0.25) is 0 Å². The Kier molecular flexibility index (Phi) is 3.21. The predicted molar refractivity (Wildman–Crippen MR) is 70.6 cm³/mol. The molecule has 1 saturated carbocycles. The monoisotopic (exact) mass is 259 g/mol. The second-order valence-electron chi connectivity index (χ2n) is 5.11. The van der Waals surface area contributed by atoms with Crippen LogP contribution >= 0.6 is 0 Å². The number of nitrogens with two attached hydrogens (primary N) is 1.